The van der Waals surface area contributed by atoms with Crippen LogP contribution in [-0.2, 0) is 9.84 Å². The molecule has 6 nitrogen and oxygen atoms in total. The third kappa shape index (κ3) is 3.08. The van der Waals surface area contributed by atoms with Gasteiger partial charge in [-0.3, -0.25) is 10.1 Å². The van der Waals surface area contributed by atoms with Crippen molar-refractivity contribution in [2.45, 2.75) is 42.9 Å². The summed E-state index contributed by atoms with van der Waals surface area (Å²) in [6.45, 7) is 3.98. The molecule has 1 aliphatic carbocycles. The van der Waals surface area contributed by atoms with Crippen LogP contribution < -0.4 is 5.73 Å². The molecule has 0 radical (unpaired) electrons. The van der Waals surface area contributed by atoms with Gasteiger partial charge < -0.3 is 5.73 Å². The molecule has 7 heteroatoms. The summed E-state index contributed by atoms with van der Waals surface area (Å²) in [5.74, 6) is 0.391. The third-order valence-electron chi connectivity index (χ3n) is 4.17. The lowest BCUT2D eigenvalue weighted by atomic mass is 9.80. The van der Waals surface area contributed by atoms with Crippen molar-refractivity contribution in [3.8, 4) is 0 Å². The Morgan fingerprint density at radius 3 is 2.24 bits per heavy atom. The van der Waals surface area contributed by atoms with Crippen molar-refractivity contribution in [3.05, 3.63) is 34.4 Å². The van der Waals surface area contributed by atoms with Gasteiger partial charge in [-0.25, -0.2) is 8.42 Å². The van der Waals surface area contributed by atoms with Crippen molar-refractivity contribution in [1.82, 2.24) is 0 Å². The summed E-state index contributed by atoms with van der Waals surface area (Å²) in [5, 5.41) is 10.0. The quantitative estimate of drug-likeness (QED) is 0.680. The minimum atomic E-state index is -3.57. The van der Waals surface area contributed by atoms with Gasteiger partial charge in [-0.05, 0) is 36.8 Å². The molecule has 0 aliphatic heterocycles. The lowest BCUT2D eigenvalue weighted by Crippen LogP contribution is -2.49. The zero-order valence-electron chi connectivity index (χ0n) is 12.1. The molecule has 2 rings (SSSR count). The summed E-state index contributed by atoms with van der Waals surface area (Å²) in [4.78, 5) is 10.2. The summed E-state index contributed by atoms with van der Waals surface area (Å²) in [5.41, 5.74) is 5.95. The van der Waals surface area contributed by atoms with Gasteiger partial charge in [-0.1, -0.05) is 13.8 Å². The van der Waals surface area contributed by atoms with Crippen LogP contribution in [0.1, 0.15) is 26.7 Å². The van der Waals surface area contributed by atoms with E-state index in [1.165, 1.54) is 24.3 Å². The molecule has 2 N–H and O–H groups in total. The first-order chi connectivity index (χ1) is 9.73. The minimum Gasteiger partial charge on any atom is -0.326 e. The van der Waals surface area contributed by atoms with Crippen molar-refractivity contribution < 1.29 is 13.3 Å². The maximum atomic E-state index is 12.7. The van der Waals surface area contributed by atoms with Crippen molar-refractivity contribution in [1.29, 1.82) is 0 Å². The maximum absolute atomic E-state index is 12.7. The Morgan fingerprint density at radius 2 is 1.76 bits per heavy atom. The van der Waals surface area contributed by atoms with Gasteiger partial charge in [0, 0.05) is 18.2 Å². The van der Waals surface area contributed by atoms with E-state index < -0.39 is 26.1 Å². The van der Waals surface area contributed by atoms with Gasteiger partial charge in [0.2, 0.25) is 0 Å². The number of non-ortho nitro benzene ring substituents is 1. The van der Waals surface area contributed by atoms with Crippen molar-refractivity contribution in [2.24, 2.45) is 17.6 Å². The largest absolute Gasteiger partial charge is 0.326 e. The van der Waals surface area contributed by atoms with Gasteiger partial charge in [-0.15, -0.1) is 0 Å². The van der Waals surface area contributed by atoms with E-state index in [4.69, 9.17) is 5.73 Å². The first-order valence-corrected chi connectivity index (χ1v) is 8.52. The molecule has 1 fully saturated rings. The third-order valence-corrected chi connectivity index (χ3v) is 6.63. The number of sulfone groups is 1. The topological polar surface area (TPSA) is 103 Å². The zero-order valence-corrected chi connectivity index (χ0v) is 12.9. The highest BCUT2D eigenvalue weighted by atomic mass is 32.2. The Hall–Kier alpha value is -1.47. The highest BCUT2D eigenvalue weighted by Gasteiger charge is 2.41. The van der Waals surface area contributed by atoms with Crippen molar-refractivity contribution in [3.63, 3.8) is 0 Å². The van der Waals surface area contributed by atoms with Crippen LogP contribution in [0, 0.1) is 22.0 Å². The van der Waals surface area contributed by atoms with Gasteiger partial charge in [0.25, 0.3) is 5.69 Å². The summed E-state index contributed by atoms with van der Waals surface area (Å²) < 4.78 is 25.5. The number of benzene rings is 1. The molecule has 4 atom stereocenters. The van der Waals surface area contributed by atoms with E-state index in [-0.39, 0.29) is 16.5 Å². The summed E-state index contributed by atoms with van der Waals surface area (Å²) in [6, 6.07) is 4.63. The summed E-state index contributed by atoms with van der Waals surface area (Å²) in [7, 11) is -3.57. The van der Waals surface area contributed by atoms with Crippen LogP contribution in [0.2, 0.25) is 0 Å². The molecule has 0 heterocycles. The van der Waals surface area contributed by atoms with Crippen LogP contribution in [0.5, 0.6) is 0 Å². The molecule has 0 spiro atoms. The molecule has 1 aliphatic rings. The molecule has 0 saturated heterocycles. The second-order valence-corrected chi connectivity index (χ2v) is 8.08. The Morgan fingerprint density at radius 1 is 1.19 bits per heavy atom. The highest BCUT2D eigenvalue weighted by Crippen LogP contribution is 2.35. The average Bonchev–Trinajstić information content (AvgIpc) is 2.37. The highest BCUT2D eigenvalue weighted by molar-refractivity contribution is 7.92. The number of nitrogens with two attached hydrogens (primary N) is 1. The van der Waals surface area contributed by atoms with Gasteiger partial charge in [0.1, 0.15) is 0 Å². The second kappa shape index (κ2) is 5.73. The van der Waals surface area contributed by atoms with Gasteiger partial charge in [-0.2, -0.15) is 0 Å². The number of hydrogen-bond acceptors (Lipinski definition) is 5. The molecule has 0 aromatic heterocycles. The second-order valence-electron chi connectivity index (χ2n) is 5.98. The van der Waals surface area contributed by atoms with Gasteiger partial charge in [0.15, 0.2) is 9.84 Å². The molecule has 0 amide bonds. The number of hydrogen-bond donors (Lipinski definition) is 1. The van der Waals surface area contributed by atoms with E-state index in [0.29, 0.717) is 12.3 Å². The van der Waals surface area contributed by atoms with Crippen LogP contribution >= 0.6 is 0 Å². The molecule has 21 heavy (non-hydrogen) atoms. The van der Waals surface area contributed by atoms with E-state index in [1.807, 2.05) is 6.92 Å². The molecule has 116 valence electrons. The van der Waals surface area contributed by atoms with Crippen LogP contribution in [0.25, 0.3) is 0 Å². The molecule has 1 aromatic rings. The zero-order chi connectivity index (χ0) is 15.8. The molecular formula is C14H20N2O4S. The Balaban J connectivity index is 2.34. The Labute approximate surface area is 124 Å². The summed E-state index contributed by atoms with van der Waals surface area (Å²) in [6.07, 6.45) is 1.51. The molecular weight excluding hydrogens is 292 g/mol. The Kier molecular flexibility index (Phi) is 4.34. The smallest absolute Gasteiger partial charge is 0.269 e. The van der Waals surface area contributed by atoms with Crippen LogP contribution in [0.15, 0.2) is 29.2 Å². The molecule has 1 aromatic carbocycles. The fourth-order valence-electron chi connectivity index (χ4n) is 3.34. The molecule has 4 unspecified atom stereocenters. The fourth-order valence-corrected chi connectivity index (χ4v) is 5.46. The number of nitro groups is 1. The van der Waals surface area contributed by atoms with Crippen LogP contribution in [0.3, 0.4) is 0 Å². The predicted octanol–water partition coefficient (Wildman–Crippen LogP) is 2.13. The molecule has 1 saturated carbocycles. The van der Waals surface area contributed by atoms with Gasteiger partial charge >= 0.3 is 0 Å². The predicted molar refractivity (Wildman–Crippen MR) is 79.6 cm³/mol. The molecule has 0 bridgehead atoms. The SMILES string of the molecule is CC1CC(C)C(S(=O)(=O)c2ccc([N+](=O)[O-])cc2)C(N)C1. The average molecular weight is 312 g/mol. The normalized spacial score (nSPS) is 30.0. The lowest BCUT2D eigenvalue weighted by molar-refractivity contribution is -0.384. The van der Waals surface area contributed by atoms with E-state index in [1.54, 1.807) is 0 Å². The number of rotatable bonds is 3. The number of nitrogens with zero attached hydrogens (tertiary/aromatic N) is 1. The van der Waals surface area contributed by atoms with E-state index in [0.717, 1.165) is 6.42 Å². The van der Waals surface area contributed by atoms with Crippen LogP contribution in [0.4, 0.5) is 5.69 Å². The first kappa shape index (κ1) is 15.9. The van der Waals surface area contributed by atoms with Crippen molar-refractivity contribution >= 4 is 15.5 Å². The Bertz CT molecular complexity index is 615. The summed E-state index contributed by atoms with van der Waals surface area (Å²) >= 11 is 0. The van der Waals surface area contributed by atoms with E-state index in [2.05, 4.69) is 6.92 Å². The monoisotopic (exact) mass is 312 g/mol. The van der Waals surface area contributed by atoms with E-state index in [9.17, 15) is 18.5 Å². The van der Waals surface area contributed by atoms with E-state index >= 15 is 0 Å². The minimum absolute atomic E-state index is 0.0241. The standard InChI is InChI=1S/C14H20N2O4S/c1-9-7-10(2)14(13(15)8-9)21(19,20)12-5-3-11(4-6-12)16(17)18/h3-6,9-10,13-14H,7-8,15H2,1-2H3. The van der Waals surface area contributed by atoms with Crippen LogP contribution in [-0.4, -0.2) is 24.6 Å². The van der Waals surface area contributed by atoms with Gasteiger partial charge in [0.05, 0.1) is 15.1 Å². The fraction of sp³-hybridized carbons (Fsp3) is 0.571. The maximum Gasteiger partial charge on any atom is 0.269 e. The van der Waals surface area contributed by atoms with Crippen molar-refractivity contribution in [2.75, 3.05) is 0 Å². The number of nitro benzene ring substituents is 1. The lowest BCUT2D eigenvalue weighted by Gasteiger charge is -2.37. The first-order valence-electron chi connectivity index (χ1n) is 6.97.